The number of amides is 2. The Morgan fingerprint density at radius 2 is 1.82 bits per heavy atom. The van der Waals surface area contributed by atoms with Crippen LogP contribution in [0.3, 0.4) is 0 Å². The molecule has 6 unspecified atom stereocenters. The number of hydrogen-bond acceptors (Lipinski definition) is 7. The number of nitrogens with one attached hydrogen (secondary N) is 1. The van der Waals surface area contributed by atoms with E-state index in [1.807, 2.05) is 25.7 Å². The average Bonchev–Trinajstić information content (AvgIpc) is 3.44. The zero-order valence-corrected chi connectivity index (χ0v) is 21.6. The predicted molar refractivity (Wildman–Crippen MR) is 126 cm³/mol. The Morgan fingerprint density at radius 3 is 2.41 bits per heavy atom. The maximum Gasteiger partial charge on any atom is 0.410 e. The minimum atomic E-state index is -0.735. The Balaban J connectivity index is 1.43. The van der Waals surface area contributed by atoms with E-state index < -0.39 is 29.3 Å². The first kappa shape index (κ1) is 25.7. The third-order valence-electron chi connectivity index (χ3n) is 8.38. The first-order valence-corrected chi connectivity index (χ1v) is 12.8. The molecule has 3 aliphatic heterocycles. The largest absolute Gasteiger partial charge is 0.444 e. The standard InChI is InChI=1S/C25H43N3O6/c1-15(2)25(9-7-16(11-25)26-17-8-10-33-14-20(17)32-6)22(30)27-12-19-21(29)18(27)13-28(19)23(31)34-24(3,4)5/h15-21,26,29H,7-14H2,1-6H3/t16?,17?,18?,19?,20?,21?,25-/m0/s1. The van der Waals surface area contributed by atoms with Crippen molar-refractivity contribution >= 4 is 12.0 Å². The molecule has 2 bridgehead atoms. The Bertz CT molecular complexity index is 770. The van der Waals surface area contributed by atoms with Crippen LogP contribution in [0.25, 0.3) is 0 Å². The normalized spacial score (nSPS) is 38.1. The van der Waals surface area contributed by atoms with Gasteiger partial charge < -0.3 is 29.5 Å². The molecular formula is C25H43N3O6. The summed E-state index contributed by atoms with van der Waals surface area (Å²) in [4.78, 5) is 30.1. The first-order valence-electron chi connectivity index (χ1n) is 12.8. The number of carbonyl (C=O) groups excluding carboxylic acids is 2. The Morgan fingerprint density at radius 1 is 1.15 bits per heavy atom. The number of hydrogen-bond donors (Lipinski definition) is 2. The average molecular weight is 482 g/mol. The van der Waals surface area contributed by atoms with E-state index in [1.165, 1.54) is 0 Å². The molecule has 3 heterocycles. The van der Waals surface area contributed by atoms with Crippen LogP contribution in [-0.2, 0) is 19.0 Å². The minimum Gasteiger partial charge on any atom is -0.444 e. The number of nitrogens with zero attached hydrogens (tertiary/aromatic N) is 2. The highest BCUT2D eigenvalue weighted by atomic mass is 16.6. The summed E-state index contributed by atoms with van der Waals surface area (Å²) in [5, 5.41) is 14.6. The predicted octanol–water partition coefficient (Wildman–Crippen LogP) is 1.77. The van der Waals surface area contributed by atoms with E-state index in [2.05, 4.69) is 19.2 Å². The van der Waals surface area contributed by atoms with Crippen molar-refractivity contribution in [1.82, 2.24) is 15.1 Å². The molecule has 0 radical (unpaired) electrons. The second-order valence-corrected chi connectivity index (χ2v) is 11.9. The number of aliphatic hydroxyl groups is 1. The topological polar surface area (TPSA) is 101 Å². The van der Waals surface area contributed by atoms with Gasteiger partial charge in [-0.15, -0.1) is 0 Å². The molecule has 0 aromatic carbocycles. The molecule has 9 heteroatoms. The van der Waals surface area contributed by atoms with Crippen molar-refractivity contribution in [3.05, 3.63) is 0 Å². The molecule has 4 rings (SSSR count). The number of aliphatic hydroxyl groups excluding tert-OH is 1. The highest BCUT2D eigenvalue weighted by molar-refractivity contribution is 5.85. The molecule has 3 saturated heterocycles. The zero-order chi connectivity index (χ0) is 24.8. The van der Waals surface area contributed by atoms with Crippen LogP contribution in [0.5, 0.6) is 0 Å². The second-order valence-electron chi connectivity index (χ2n) is 11.9. The summed E-state index contributed by atoms with van der Waals surface area (Å²) in [5.41, 5.74) is -1.06. The molecule has 2 amide bonds. The summed E-state index contributed by atoms with van der Waals surface area (Å²) in [7, 11) is 1.72. The quantitative estimate of drug-likeness (QED) is 0.617. The highest BCUT2D eigenvalue weighted by Gasteiger charge is 2.59. The van der Waals surface area contributed by atoms with Crippen molar-refractivity contribution in [3.63, 3.8) is 0 Å². The zero-order valence-electron chi connectivity index (χ0n) is 21.6. The molecule has 0 spiro atoms. The molecule has 4 aliphatic rings. The summed E-state index contributed by atoms with van der Waals surface area (Å²) < 4.78 is 16.7. The Hall–Kier alpha value is -1.42. The van der Waals surface area contributed by atoms with Crippen LogP contribution in [0.2, 0.25) is 0 Å². The number of ether oxygens (including phenoxy) is 3. The fourth-order valence-corrected chi connectivity index (χ4v) is 6.38. The van der Waals surface area contributed by atoms with Gasteiger partial charge in [-0.1, -0.05) is 13.8 Å². The van der Waals surface area contributed by atoms with Crippen molar-refractivity contribution in [1.29, 1.82) is 0 Å². The van der Waals surface area contributed by atoms with Gasteiger partial charge >= 0.3 is 6.09 Å². The van der Waals surface area contributed by atoms with Crippen LogP contribution in [0.15, 0.2) is 0 Å². The van der Waals surface area contributed by atoms with Gasteiger partial charge in [0.2, 0.25) is 5.91 Å². The first-order chi connectivity index (χ1) is 16.0. The highest BCUT2D eigenvalue weighted by Crippen LogP contribution is 2.48. The smallest absolute Gasteiger partial charge is 0.410 e. The van der Waals surface area contributed by atoms with Crippen molar-refractivity contribution < 1.29 is 28.9 Å². The molecule has 7 atom stereocenters. The van der Waals surface area contributed by atoms with Crippen molar-refractivity contribution in [3.8, 4) is 0 Å². The van der Waals surface area contributed by atoms with Gasteiger partial charge in [0.05, 0.1) is 36.3 Å². The van der Waals surface area contributed by atoms with E-state index in [9.17, 15) is 14.7 Å². The van der Waals surface area contributed by atoms with Gasteiger partial charge in [-0.2, -0.15) is 0 Å². The van der Waals surface area contributed by atoms with Crippen LogP contribution in [0.4, 0.5) is 4.79 Å². The number of piperazine rings is 1. The summed E-state index contributed by atoms with van der Waals surface area (Å²) in [5.74, 6) is 0.301. The number of likely N-dealkylation sites (tertiary alicyclic amines) is 2. The molecule has 2 N–H and O–H groups in total. The fourth-order valence-electron chi connectivity index (χ4n) is 6.38. The summed E-state index contributed by atoms with van der Waals surface area (Å²) in [6.07, 6.45) is 2.31. The van der Waals surface area contributed by atoms with Crippen LogP contribution < -0.4 is 5.32 Å². The lowest BCUT2D eigenvalue weighted by Gasteiger charge is -2.41. The Labute approximate surface area is 203 Å². The summed E-state index contributed by atoms with van der Waals surface area (Å²) in [6, 6.07) is -0.307. The summed E-state index contributed by atoms with van der Waals surface area (Å²) in [6.45, 7) is 11.8. The number of rotatable bonds is 5. The molecule has 0 aromatic rings. The second kappa shape index (κ2) is 9.56. The minimum absolute atomic E-state index is 0.0294. The lowest BCUT2D eigenvalue weighted by molar-refractivity contribution is -0.147. The third-order valence-corrected chi connectivity index (χ3v) is 8.38. The maximum atomic E-state index is 14.0. The van der Waals surface area contributed by atoms with E-state index >= 15 is 0 Å². The lowest BCUT2D eigenvalue weighted by Crippen LogP contribution is -2.56. The van der Waals surface area contributed by atoms with Gasteiger partial charge in [0, 0.05) is 38.9 Å². The van der Waals surface area contributed by atoms with Gasteiger partial charge in [0.15, 0.2) is 0 Å². The maximum absolute atomic E-state index is 14.0. The molecule has 34 heavy (non-hydrogen) atoms. The van der Waals surface area contributed by atoms with E-state index in [0.29, 0.717) is 19.7 Å². The van der Waals surface area contributed by atoms with Crippen LogP contribution in [0, 0.1) is 11.3 Å². The molecule has 4 fully saturated rings. The third kappa shape index (κ3) is 4.68. The van der Waals surface area contributed by atoms with Gasteiger partial charge in [0.1, 0.15) is 5.60 Å². The van der Waals surface area contributed by atoms with E-state index in [4.69, 9.17) is 14.2 Å². The van der Waals surface area contributed by atoms with Crippen molar-refractivity contribution in [2.24, 2.45) is 11.3 Å². The van der Waals surface area contributed by atoms with Gasteiger partial charge in [0.25, 0.3) is 0 Å². The summed E-state index contributed by atoms with van der Waals surface area (Å²) >= 11 is 0. The molecule has 1 aliphatic carbocycles. The van der Waals surface area contributed by atoms with Gasteiger partial charge in [-0.25, -0.2) is 4.79 Å². The molecule has 0 aromatic heterocycles. The van der Waals surface area contributed by atoms with Crippen molar-refractivity contribution in [2.75, 3.05) is 33.4 Å². The van der Waals surface area contributed by atoms with E-state index in [0.717, 1.165) is 32.3 Å². The van der Waals surface area contributed by atoms with Crippen LogP contribution in [-0.4, -0.2) is 102 Å². The van der Waals surface area contributed by atoms with Crippen molar-refractivity contribution in [2.45, 2.75) is 102 Å². The Kier molecular flexibility index (Phi) is 7.22. The number of fused-ring (bicyclic) bond motifs is 2. The molecule has 194 valence electrons. The fraction of sp³-hybridized carbons (Fsp3) is 0.920. The molecule has 9 nitrogen and oxygen atoms in total. The SMILES string of the molecule is COC1COCCC1NC1CC[C@@](C(=O)N2CC3C(O)C2CN3C(=O)OC(C)(C)C)(C(C)C)C1. The monoisotopic (exact) mass is 481 g/mol. The van der Waals surface area contributed by atoms with Gasteiger partial charge in [-0.05, 0) is 52.4 Å². The van der Waals surface area contributed by atoms with Crippen LogP contribution in [0.1, 0.15) is 60.3 Å². The van der Waals surface area contributed by atoms with E-state index in [1.54, 1.807) is 12.0 Å². The van der Waals surface area contributed by atoms with E-state index in [-0.39, 0.29) is 36.1 Å². The number of methoxy groups -OCH3 is 1. The van der Waals surface area contributed by atoms with Crippen LogP contribution >= 0.6 is 0 Å². The molecule has 1 saturated carbocycles. The lowest BCUT2D eigenvalue weighted by atomic mass is 9.74. The number of carbonyl (C=O) groups is 2. The molecular weight excluding hydrogens is 438 g/mol. The van der Waals surface area contributed by atoms with Gasteiger partial charge in [-0.3, -0.25) is 9.69 Å².